The van der Waals surface area contributed by atoms with Crippen molar-refractivity contribution < 1.29 is 54.1 Å². The standard InChI is InChI=1S/C37H66N4O9S/c1-21(2)15-30(39-9)36(47)31-28(19-25(6)45)20-29(41-11-13-51(49,50)14-12-42)32(33(31)35(46)26(7)38-8)37(48)34(40-10)22(3)16-27(17-23(4)43)18-24(5)44/h20-27,30,34,38-45H,11-19H2,1-10H3/p+1/t22-,23?,24?,25?,26-,27?,30-,34-/m0/s1/i22D,34D/hD2. The first-order valence-corrected chi connectivity index (χ1v) is 19.6. The van der Waals surface area contributed by atoms with Crippen LogP contribution < -0.4 is 21.3 Å². The summed E-state index contributed by atoms with van der Waals surface area (Å²) >= 11 is 0. The molecule has 0 aliphatic rings. The molecule has 0 aromatic heterocycles. The van der Waals surface area contributed by atoms with Crippen molar-refractivity contribution in [2.75, 3.05) is 51.1 Å². The van der Waals surface area contributed by atoms with E-state index in [1.807, 2.05) is 13.8 Å². The summed E-state index contributed by atoms with van der Waals surface area (Å²) in [4.78, 5) is 44.8. The zero-order valence-electron chi connectivity index (χ0n) is 36.2. The van der Waals surface area contributed by atoms with Crippen LogP contribution in [-0.2, 0) is 16.3 Å². The number of aliphatic hydroxyl groups is 4. The number of sulfone groups is 1. The molecule has 1 aromatic carbocycles. The number of aliphatic hydroxyl groups excluding tert-OH is 4. The molecule has 0 aliphatic heterocycles. The molecule has 13 nitrogen and oxygen atoms in total. The molecule has 3 unspecified atom stereocenters. The molecule has 7 atom stereocenters. The fourth-order valence-electron chi connectivity index (χ4n) is 6.41. The number of hydrogen-bond donors (Lipinski definition) is 8. The molecule has 14 heteroatoms. The van der Waals surface area contributed by atoms with E-state index in [9.17, 15) is 41.2 Å². The van der Waals surface area contributed by atoms with E-state index in [-0.39, 0.29) is 55.0 Å². The van der Waals surface area contributed by atoms with Crippen LogP contribution in [0.25, 0.3) is 0 Å². The molecule has 0 bridgehead atoms. The Labute approximate surface area is 311 Å². The molecule has 0 fully saturated rings. The van der Waals surface area contributed by atoms with Gasteiger partial charge in [0.15, 0.2) is 27.4 Å². The van der Waals surface area contributed by atoms with Gasteiger partial charge in [0.2, 0.25) is 5.78 Å². The monoisotopic (exact) mass is 747 g/mol. The fraction of sp³-hybridized carbons (Fsp3) is 0.757. The molecule has 0 amide bonds. The minimum atomic E-state index is -3.81. The van der Waals surface area contributed by atoms with Gasteiger partial charge in [0, 0.05) is 30.6 Å². The molecule has 0 spiro atoms. The lowest BCUT2D eigenvalue weighted by Crippen LogP contribution is -2.89. The van der Waals surface area contributed by atoms with Gasteiger partial charge >= 0.3 is 2.82 Å². The normalized spacial score (nSPS) is 19.6. The Balaban J connectivity index is 4.63. The lowest BCUT2D eigenvalue weighted by Gasteiger charge is -2.29. The molecule has 0 aliphatic carbocycles. The van der Waals surface area contributed by atoms with Crippen molar-refractivity contribution in [2.24, 2.45) is 17.7 Å². The number of likely N-dealkylation sites (N-methyl/N-ethyl adjacent to an activating group) is 3. The van der Waals surface area contributed by atoms with Gasteiger partial charge in [-0.05, 0) is 97.4 Å². The van der Waals surface area contributed by atoms with E-state index in [0.717, 1.165) is 7.05 Å². The van der Waals surface area contributed by atoms with E-state index in [1.165, 1.54) is 47.7 Å². The van der Waals surface area contributed by atoms with Gasteiger partial charge in [0.25, 0.3) is 0 Å². The molecule has 0 saturated heterocycles. The van der Waals surface area contributed by atoms with Gasteiger partial charge in [-0.25, -0.2) is 8.42 Å². The fourth-order valence-corrected chi connectivity index (χ4v) is 7.31. The summed E-state index contributed by atoms with van der Waals surface area (Å²) in [5.74, 6) is -6.79. The molecule has 294 valence electrons. The summed E-state index contributed by atoms with van der Waals surface area (Å²) in [5, 5.41) is 47.2. The summed E-state index contributed by atoms with van der Waals surface area (Å²) in [6.45, 7) is 9.95. The Morgan fingerprint density at radius 3 is 1.86 bits per heavy atom. The Bertz CT molecular complexity index is 1560. The maximum absolute atomic E-state index is 15.4. The molecule has 9 N–H and O–H groups in total. The average molecular weight is 748 g/mol. The van der Waals surface area contributed by atoms with Gasteiger partial charge in [-0.1, -0.05) is 20.8 Å². The highest BCUT2D eigenvalue weighted by molar-refractivity contribution is 7.91. The van der Waals surface area contributed by atoms with Gasteiger partial charge < -0.3 is 41.7 Å². The molecule has 1 aromatic rings. The topological polar surface area (TPSA) is 219 Å². The first-order chi connectivity index (χ1) is 25.1. The lowest BCUT2D eigenvalue weighted by atomic mass is 9.78. The number of hydrogen-bond acceptors (Lipinski definition) is 12. The minimum Gasteiger partial charge on any atom is -0.395 e. The van der Waals surface area contributed by atoms with Crippen molar-refractivity contribution >= 4 is 32.9 Å². The average Bonchev–Trinajstić information content (AvgIpc) is 3.03. The first kappa shape index (κ1) is 39.9. The summed E-state index contributed by atoms with van der Waals surface area (Å²) in [7, 11) is 0.142. The zero-order valence-corrected chi connectivity index (χ0v) is 33.0. The van der Waals surface area contributed by atoms with Gasteiger partial charge in [-0.2, -0.15) is 0 Å². The van der Waals surface area contributed by atoms with E-state index in [4.69, 9.17) is 2.82 Å². The number of quaternary nitrogens is 1. The molecular formula is C37H67N4O9S+. The maximum atomic E-state index is 15.4. The second-order valence-electron chi connectivity index (χ2n) is 14.2. The molecule has 1 rings (SSSR count). The molecule has 0 heterocycles. The number of benzene rings is 1. The van der Waals surface area contributed by atoms with E-state index in [1.54, 1.807) is 7.05 Å². The summed E-state index contributed by atoms with van der Waals surface area (Å²) in [5.41, 5.74) is -1.36. The minimum absolute atomic E-state index is 0.00862. The Hall–Kier alpha value is -2.30. The number of Topliss-reactive ketones (excluding diaryl/α,β-unsaturated/α-hetero) is 3. The number of carbonyl (C=O) groups excluding carboxylic acids is 3. The van der Waals surface area contributed by atoms with Gasteiger partial charge in [-0.15, -0.1) is 0 Å². The number of ketones is 3. The second kappa shape index (κ2) is 22.0. The lowest BCUT2D eigenvalue weighted by molar-refractivity contribution is -0.655. The van der Waals surface area contributed by atoms with Crippen molar-refractivity contribution in [3.8, 4) is 0 Å². The van der Waals surface area contributed by atoms with E-state index >= 15 is 4.79 Å². The SMILES string of the molecule is [2H][C@](C)(CC(CC(C)O)CC(C)O)[C@@]([2H])(C(=O)c1c(NCCS(=O)(=O)CCO)cc(CC(C)O)c(C(=O)[C@H](CC(C)C)NC)c1C(=O)[C@H](C)NC)[N+]([2H])([2H])C. The Morgan fingerprint density at radius 1 is 0.824 bits per heavy atom. The summed E-state index contributed by atoms with van der Waals surface area (Å²) in [6, 6.07) is -3.68. The molecule has 0 radical (unpaired) electrons. The number of nitrogens with two attached hydrogens (primary N) is 1. The largest absolute Gasteiger partial charge is 0.395 e. The van der Waals surface area contributed by atoms with Crippen molar-refractivity contribution in [3.05, 3.63) is 28.3 Å². The van der Waals surface area contributed by atoms with Gasteiger partial charge in [0.05, 0.1) is 61.1 Å². The van der Waals surface area contributed by atoms with Crippen LogP contribution in [0.4, 0.5) is 5.69 Å². The second-order valence-corrected chi connectivity index (χ2v) is 16.5. The van der Waals surface area contributed by atoms with Crippen molar-refractivity contribution in [3.63, 3.8) is 0 Å². The van der Waals surface area contributed by atoms with Crippen LogP contribution >= 0.6 is 0 Å². The molecule has 51 heavy (non-hydrogen) atoms. The number of carbonyl (C=O) groups is 3. The third-order valence-corrected chi connectivity index (χ3v) is 10.4. The number of rotatable bonds is 26. The van der Waals surface area contributed by atoms with Crippen LogP contribution in [0.5, 0.6) is 0 Å². The van der Waals surface area contributed by atoms with Crippen LogP contribution in [-0.4, -0.2) is 128 Å². The molecular weight excluding hydrogens is 676 g/mol. The number of nitrogens with one attached hydrogen (secondary N) is 3. The number of anilines is 1. The Kier molecular flexibility index (Phi) is 17.2. The molecule has 0 saturated carbocycles. The summed E-state index contributed by atoms with van der Waals surface area (Å²) < 4.78 is 62.3. The highest BCUT2D eigenvalue weighted by Gasteiger charge is 2.39. The van der Waals surface area contributed by atoms with Gasteiger partial charge in [-0.3, -0.25) is 14.4 Å². The summed E-state index contributed by atoms with van der Waals surface area (Å²) in [6.07, 6.45) is -2.95. The predicted octanol–water partition coefficient (Wildman–Crippen LogP) is 0.965. The first-order valence-electron chi connectivity index (χ1n) is 19.7. The van der Waals surface area contributed by atoms with Crippen molar-refractivity contribution in [1.82, 2.24) is 10.6 Å². The van der Waals surface area contributed by atoms with Crippen LogP contribution in [0.1, 0.15) is 114 Å². The van der Waals surface area contributed by atoms with Crippen molar-refractivity contribution in [1.29, 1.82) is 0 Å². The predicted molar refractivity (Wildman–Crippen MR) is 201 cm³/mol. The van der Waals surface area contributed by atoms with Crippen LogP contribution in [0.2, 0.25) is 2.82 Å². The van der Waals surface area contributed by atoms with E-state index < -0.39 is 110 Å². The highest BCUT2D eigenvalue weighted by Crippen LogP contribution is 2.34. The quantitative estimate of drug-likeness (QED) is 0.0622. The maximum Gasteiger partial charge on any atom is 0.346 e. The third kappa shape index (κ3) is 14.6. The van der Waals surface area contributed by atoms with E-state index in [0.29, 0.717) is 6.42 Å². The van der Waals surface area contributed by atoms with Crippen LogP contribution in [0.3, 0.4) is 0 Å². The van der Waals surface area contributed by atoms with Gasteiger partial charge in [0.1, 0.15) is 1.37 Å². The van der Waals surface area contributed by atoms with Crippen LogP contribution in [0.15, 0.2) is 6.07 Å². The smallest absolute Gasteiger partial charge is 0.346 e. The highest BCUT2D eigenvalue weighted by atomic mass is 32.2. The van der Waals surface area contributed by atoms with Crippen molar-refractivity contribution in [2.45, 2.75) is 117 Å². The van der Waals surface area contributed by atoms with E-state index in [2.05, 4.69) is 16.0 Å². The Morgan fingerprint density at radius 2 is 1.41 bits per heavy atom. The van der Waals surface area contributed by atoms with Crippen LogP contribution in [0, 0.1) is 17.7 Å². The third-order valence-electron chi connectivity index (χ3n) is 8.76. The zero-order chi connectivity index (χ0) is 42.9.